The molecule has 1 aliphatic heterocycles. The van der Waals surface area contributed by atoms with E-state index in [1.165, 1.54) is 6.42 Å². The van der Waals surface area contributed by atoms with Crippen molar-refractivity contribution in [3.63, 3.8) is 0 Å². The van der Waals surface area contributed by atoms with Crippen molar-refractivity contribution in [1.29, 1.82) is 0 Å². The van der Waals surface area contributed by atoms with Crippen molar-refractivity contribution in [1.82, 2.24) is 10.2 Å². The molecule has 1 fully saturated rings. The second-order valence-corrected chi connectivity index (χ2v) is 4.82. The Labute approximate surface area is 116 Å². The van der Waals surface area contributed by atoms with Gasteiger partial charge in [0.15, 0.2) is 5.96 Å². The molecule has 1 aliphatic rings. The number of nitrogens with zero attached hydrogens (tertiary/aromatic N) is 2. The summed E-state index contributed by atoms with van der Waals surface area (Å²) in [6, 6.07) is 0. The van der Waals surface area contributed by atoms with Gasteiger partial charge in [-0.25, -0.2) is 4.99 Å². The van der Waals surface area contributed by atoms with E-state index in [4.69, 9.17) is 0 Å². The number of rotatable bonds is 3. The molecule has 4 heteroatoms. The largest absolute Gasteiger partial charge is 0.357 e. The topological polar surface area (TPSA) is 27.6 Å². The molecule has 0 aromatic heterocycles. The molecule has 16 heavy (non-hydrogen) atoms. The van der Waals surface area contributed by atoms with Gasteiger partial charge in [-0.2, -0.15) is 0 Å². The molecule has 1 N–H and O–H groups in total. The molecule has 0 amide bonds. The lowest BCUT2D eigenvalue weighted by Crippen LogP contribution is -2.40. The number of guanidine groups is 1. The van der Waals surface area contributed by atoms with E-state index in [2.05, 4.69) is 42.6 Å². The van der Waals surface area contributed by atoms with Crippen molar-refractivity contribution < 1.29 is 0 Å². The van der Waals surface area contributed by atoms with Gasteiger partial charge in [0.25, 0.3) is 0 Å². The van der Waals surface area contributed by atoms with Crippen LogP contribution in [0.1, 0.15) is 27.2 Å². The summed E-state index contributed by atoms with van der Waals surface area (Å²) in [7, 11) is 0. The summed E-state index contributed by atoms with van der Waals surface area (Å²) in [5.41, 5.74) is 0.421. The Morgan fingerprint density at radius 2 is 2.25 bits per heavy atom. The summed E-state index contributed by atoms with van der Waals surface area (Å²) in [5.74, 6) is 1.03. The SMILES string of the molecule is C=CCN=C(NCC)N1CCC(C)(C)C1.I. The van der Waals surface area contributed by atoms with Crippen LogP contribution in [0.5, 0.6) is 0 Å². The van der Waals surface area contributed by atoms with Gasteiger partial charge in [-0.15, -0.1) is 30.6 Å². The minimum absolute atomic E-state index is 0. The van der Waals surface area contributed by atoms with Crippen molar-refractivity contribution in [2.45, 2.75) is 27.2 Å². The minimum atomic E-state index is 0. The first-order chi connectivity index (χ1) is 7.09. The van der Waals surface area contributed by atoms with E-state index in [-0.39, 0.29) is 24.0 Å². The first-order valence-electron chi connectivity index (χ1n) is 5.73. The summed E-state index contributed by atoms with van der Waals surface area (Å²) in [6.07, 6.45) is 3.07. The molecule has 0 aromatic rings. The molecular formula is C12H24IN3. The molecule has 3 nitrogen and oxygen atoms in total. The quantitative estimate of drug-likeness (QED) is 0.371. The Morgan fingerprint density at radius 1 is 1.56 bits per heavy atom. The molecule has 0 saturated carbocycles. The highest BCUT2D eigenvalue weighted by molar-refractivity contribution is 14.0. The number of aliphatic imine (C=N–C) groups is 1. The first kappa shape index (κ1) is 15.7. The van der Waals surface area contributed by atoms with Gasteiger partial charge in [-0.1, -0.05) is 19.9 Å². The van der Waals surface area contributed by atoms with Crippen LogP contribution < -0.4 is 5.32 Å². The standard InChI is InChI=1S/C12H23N3.HI/c1-5-8-14-11(13-6-2)15-9-7-12(3,4)10-15;/h5H,1,6-10H2,2-4H3,(H,13,14);1H. The van der Waals surface area contributed by atoms with Crippen LogP contribution in [-0.2, 0) is 0 Å². The van der Waals surface area contributed by atoms with E-state index >= 15 is 0 Å². The van der Waals surface area contributed by atoms with Crippen LogP contribution in [0.15, 0.2) is 17.6 Å². The van der Waals surface area contributed by atoms with Crippen LogP contribution in [0.4, 0.5) is 0 Å². The summed E-state index contributed by atoms with van der Waals surface area (Å²) in [4.78, 5) is 6.83. The van der Waals surface area contributed by atoms with Crippen molar-refractivity contribution >= 4 is 29.9 Å². The lowest BCUT2D eigenvalue weighted by atomic mass is 9.93. The minimum Gasteiger partial charge on any atom is -0.357 e. The number of likely N-dealkylation sites (tertiary alicyclic amines) is 1. The van der Waals surface area contributed by atoms with Gasteiger partial charge in [0.2, 0.25) is 0 Å². The van der Waals surface area contributed by atoms with E-state index < -0.39 is 0 Å². The lowest BCUT2D eigenvalue weighted by Gasteiger charge is -2.23. The van der Waals surface area contributed by atoms with Crippen molar-refractivity contribution in [2.24, 2.45) is 10.4 Å². The van der Waals surface area contributed by atoms with E-state index in [1.807, 2.05) is 6.08 Å². The number of halogens is 1. The molecule has 1 rings (SSSR count). The normalized spacial score (nSPS) is 19.2. The highest BCUT2D eigenvalue weighted by Gasteiger charge is 2.30. The van der Waals surface area contributed by atoms with Crippen LogP contribution in [0.25, 0.3) is 0 Å². The smallest absolute Gasteiger partial charge is 0.194 e. The molecule has 0 unspecified atom stereocenters. The molecule has 1 saturated heterocycles. The molecule has 0 aromatic carbocycles. The zero-order chi connectivity index (χ0) is 11.3. The third-order valence-corrected chi connectivity index (χ3v) is 2.68. The summed E-state index contributed by atoms with van der Waals surface area (Å²) >= 11 is 0. The highest BCUT2D eigenvalue weighted by atomic mass is 127. The van der Waals surface area contributed by atoms with Crippen LogP contribution >= 0.6 is 24.0 Å². The zero-order valence-corrected chi connectivity index (χ0v) is 13.0. The maximum Gasteiger partial charge on any atom is 0.194 e. The zero-order valence-electron chi connectivity index (χ0n) is 10.6. The van der Waals surface area contributed by atoms with Gasteiger partial charge in [-0.3, -0.25) is 0 Å². The summed E-state index contributed by atoms with van der Waals surface area (Å²) in [5, 5.41) is 3.33. The predicted octanol–water partition coefficient (Wildman–Crippen LogP) is 2.49. The van der Waals surface area contributed by atoms with E-state index in [0.717, 1.165) is 25.6 Å². The second kappa shape index (κ2) is 7.14. The second-order valence-electron chi connectivity index (χ2n) is 4.82. The fraction of sp³-hybridized carbons (Fsp3) is 0.750. The van der Waals surface area contributed by atoms with Crippen molar-refractivity contribution in [3.05, 3.63) is 12.7 Å². The Morgan fingerprint density at radius 3 is 2.69 bits per heavy atom. The fourth-order valence-corrected chi connectivity index (χ4v) is 1.87. The van der Waals surface area contributed by atoms with Crippen LogP contribution in [0.2, 0.25) is 0 Å². The van der Waals surface area contributed by atoms with Crippen LogP contribution in [-0.4, -0.2) is 37.0 Å². The molecule has 94 valence electrons. The predicted molar refractivity (Wildman–Crippen MR) is 81.6 cm³/mol. The third-order valence-electron chi connectivity index (χ3n) is 2.68. The molecular weight excluding hydrogens is 313 g/mol. The summed E-state index contributed by atoms with van der Waals surface area (Å²) in [6.45, 7) is 14.2. The first-order valence-corrected chi connectivity index (χ1v) is 5.73. The Balaban J connectivity index is 0.00000225. The summed E-state index contributed by atoms with van der Waals surface area (Å²) < 4.78 is 0. The monoisotopic (exact) mass is 337 g/mol. The average molecular weight is 337 g/mol. The van der Waals surface area contributed by atoms with Gasteiger partial charge in [0.05, 0.1) is 6.54 Å². The number of hydrogen-bond donors (Lipinski definition) is 1. The van der Waals surface area contributed by atoms with E-state index in [9.17, 15) is 0 Å². The van der Waals surface area contributed by atoms with Crippen molar-refractivity contribution in [3.8, 4) is 0 Å². The molecule has 0 radical (unpaired) electrons. The molecule has 0 atom stereocenters. The highest BCUT2D eigenvalue weighted by Crippen LogP contribution is 2.28. The fourth-order valence-electron chi connectivity index (χ4n) is 1.87. The van der Waals surface area contributed by atoms with Crippen molar-refractivity contribution in [2.75, 3.05) is 26.2 Å². The number of nitrogens with one attached hydrogen (secondary N) is 1. The van der Waals surface area contributed by atoms with E-state index in [0.29, 0.717) is 12.0 Å². The third kappa shape index (κ3) is 4.72. The Bertz CT molecular complexity index is 249. The maximum atomic E-state index is 4.49. The molecule has 0 spiro atoms. The Kier molecular flexibility index (Phi) is 7.03. The Hall–Kier alpha value is -0.260. The van der Waals surface area contributed by atoms with Gasteiger partial charge >= 0.3 is 0 Å². The average Bonchev–Trinajstić information content (AvgIpc) is 2.53. The molecule has 1 heterocycles. The van der Waals surface area contributed by atoms with E-state index in [1.54, 1.807) is 0 Å². The van der Waals surface area contributed by atoms with Gasteiger partial charge < -0.3 is 10.2 Å². The molecule has 0 bridgehead atoms. The van der Waals surface area contributed by atoms with Gasteiger partial charge in [0, 0.05) is 19.6 Å². The van der Waals surface area contributed by atoms with Crippen LogP contribution in [0, 0.1) is 5.41 Å². The van der Waals surface area contributed by atoms with Crippen LogP contribution in [0.3, 0.4) is 0 Å². The molecule has 0 aliphatic carbocycles. The maximum absolute atomic E-state index is 4.49. The lowest BCUT2D eigenvalue weighted by molar-refractivity contribution is 0.370. The van der Waals surface area contributed by atoms with Gasteiger partial charge in [0.1, 0.15) is 0 Å². The number of hydrogen-bond acceptors (Lipinski definition) is 1. The van der Waals surface area contributed by atoms with Gasteiger partial charge in [-0.05, 0) is 18.8 Å².